The number of rotatable bonds is 4. The summed E-state index contributed by atoms with van der Waals surface area (Å²) in [4.78, 5) is 16.4. The van der Waals surface area contributed by atoms with Crippen LogP contribution >= 0.6 is 0 Å². The van der Waals surface area contributed by atoms with E-state index in [0.29, 0.717) is 12.0 Å². The summed E-state index contributed by atoms with van der Waals surface area (Å²) < 4.78 is 1.76. The number of nitrogens with zero attached hydrogens (tertiary/aromatic N) is 5. The Balaban J connectivity index is 1.75. The molecule has 0 aromatic carbocycles. The Morgan fingerprint density at radius 3 is 3.09 bits per heavy atom. The van der Waals surface area contributed by atoms with Gasteiger partial charge in [-0.05, 0) is 25.5 Å². The van der Waals surface area contributed by atoms with Gasteiger partial charge >= 0.3 is 0 Å². The summed E-state index contributed by atoms with van der Waals surface area (Å²) in [6, 6.07) is 4.32. The van der Waals surface area contributed by atoms with Gasteiger partial charge < -0.3 is 10.3 Å². The summed E-state index contributed by atoms with van der Waals surface area (Å²) in [6.07, 6.45) is 8.32. The van der Waals surface area contributed by atoms with Crippen molar-refractivity contribution >= 4 is 22.6 Å². The molecule has 0 saturated carbocycles. The van der Waals surface area contributed by atoms with Crippen LogP contribution < -0.4 is 5.32 Å². The van der Waals surface area contributed by atoms with Crippen LogP contribution in [0.25, 0.3) is 27.8 Å². The molecule has 4 aromatic heterocycles. The standard InChI is InChI=1S/C16H17N7/c1-3-10(2)21-16-18-7-13-12(6-17-15(13)22-16)11-4-5-14-19-9-20-23(14)8-11/h4-10H,3H2,1-2H3,(H2,17,18,21,22). The molecule has 23 heavy (non-hydrogen) atoms. The van der Waals surface area contributed by atoms with E-state index in [2.05, 4.69) is 44.2 Å². The molecule has 0 bridgehead atoms. The number of anilines is 1. The van der Waals surface area contributed by atoms with Crippen LogP contribution in [0, 0.1) is 0 Å². The molecule has 7 nitrogen and oxygen atoms in total. The Morgan fingerprint density at radius 2 is 2.22 bits per heavy atom. The first kappa shape index (κ1) is 13.7. The lowest BCUT2D eigenvalue weighted by Crippen LogP contribution is -2.15. The summed E-state index contributed by atoms with van der Waals surface area (Å²) in [7, 11) is 0. The van der Waals surface area contributed by atoms with Gasteiger partial charge in [0.2, 0.25) is 5.95 Å². The van der Waals surface area contributed by atoms with Crippen LogP contribution in [-0.4, -0.2) is 35.6 Å². The fourth-order valence-electron chi connectivity index (χ4n) is 2.51. The van der Waals surface area contributed by atoms with Crippen LogP contribution in [-0.2, 0) is 0 Å². The minimum absolute atomic E-state index is 0.344. The number of hydrogen-bond acceptors (Lipinski definition) is 5. The number of nitrogens with one attached hydrogen (secondary N) is 2. The van der Waals surface area contributed by atoms with E-state index in [1.54, 1.807) is 10.8 Å². The van der Waals surface area contributed by atoms with Crippen LogP contribution in [0.3, 0.4) is 0 Å². The lowest BCUT2D eigenvalue weighted by molar-refractivity contribution is 0.754. The van der Waals surface area contributed by atoms with Crippen molar-refractivity contribution in [3.63, 3.8) is 0 Å². The zero-order valence-electron chi connectivity index (χ0n) is 13.0. The van der Waals surface area contributed by atoms with Crippen LogP contribution in [0.2, 0.25) is 0 Å². The predicted octanol–water partition coefficient (Wildman–Crippen LogP) is 2.88. The van der Waals surface area contributed by atoms with E-state index in [9.17, 15) is 0 Å². The van der Waals surface area contributed by atoms with Crippen molar-refractivity contribution < 1.29 is 0 Å². The highest BCUT2D eigenvalue weighted by Crippen LogP contribution is 2.27. The third-order valence-electron chi connectivity index (χ3n) is 4.01. The Morgan fingerprint density at radius 1 is 1.30 bits per heavy atom. The summed E-state index contributed by atoms with van der Waals surface area (Å²) in [5.74, 6) is 0.645. The molecule has 0 saturated heterocycles. The van der Waals surface area contributed by atoms with Gasteiger partial charge in [0.15, 0.2) is 5.65 Å². The summed E-state index contributed by atoms with van der Waals surface area (Å²) in [6.45, 7) is 4.24. The molecule has 0 aliphatic carbocycles. The van der Waals surface area contributed by atoms with Gasteiger partial charge in [-0.3, -0.25) is 0 Å². The summed E-state index contributed by atoms with van der Waals surface area (Å²) in [5, 5.41) is 8.45. The van der Waals surface area contributed by atoms with Crippen molar-refractivity contribution in [1.82, 2.24) is 29.5 Å². The van der Waals surface area contributed by atoms with Crippen molar-refractivity contribution in [3.8, 4) is 11.1 Å². The first-order valence-corrected chi connectivity index (χ1v) is 7.65. The van der Waals surface area contributed by atoms with E-state index in [4.69, 9.17) is 0 Å². The minimum atomic E-state index is 0.344. The molecule has 2 N–H and O–H groups in total. The van der Waals surface area contributed by atoms with Gasteiger partial charge in [0.05, 0.1) is 0 Å². The van der Waals surface area contributed by atoms with Crippen LogP contribution in [0.4, 0.5) is 5.95 Å². The Bertz CT molecular complexity index is 969. The van der Waals surface area contributed by atoms with Crippen molar-refractivity contribution in [2.45, 2.75) is 26.3 Å². The Hall–Kier alpha value is -2.96. The molecule has 0 radical (unpaired) electrons. The fraction of sp³-hybridized carbons (Fsp3) is 0.250. The Labute approximate surface area is 132 Å². The zero-order chi connectivity index (χ0) is 15.8. The van der Waals surface area contributed by atoms with Gasteiger partial charge in [0.1, 0.15) is 12.0 Å². The maximum Gasteiger partial charge on any atom is 0.224 e. The van der Waals surface area contributed by atoms with Gasteiger partial charge in [-0.25, -0.2) is 14.5 Å². The third-order valence-corrected chi connectivity index (χ3v) is 4.01. The molecular weight excluding hydrogens is 290 g/mol. The second-order valence-corrected chi connectivity index (χ2v) is 5.59. The molecule has 0 aliphatic heterocycles. The molecule has 0 aliphatic rings. The summed E-state index contributed by atoms with van der Waals surface area (Å²) in [5.41, 5.74) is 3.73. The SMILES string of the molecule is CCC(C)Nc1ncc2c(-c3ccc4ncnn4c3)c[nH]c2n1. The molecule has 4 aromatic rings. The van der Waals surface area contributed by atoms with E-state index in [1.807, 2.05) is 30.7 Å². The molecule has 1 atom stereocenters. The van der Waals surface area contributed by atoms with E-state index in [1.165, 1.54) is 0 Å². The van der Waals surface area contributed by atoms with E-state index in [0.717, 1.165) is 34.2 Å². The van der Waals surface area contributed by atoms with Gasteiger partial charge in [-0.15, -0.1) is 0 Å². The average Bonchev–Trinajstić information content (AvgIpc) is 3.19. The first-order chi connectivity index (χ1) is 11.2. The quantitative estimate of drug-likeness (QED) is 0.605. The molecule has 7 heteroatoms. The number of fused-ring (bicyclic) bond motifs is 2. The van der Waals surface area contributed by atoms with Crippen molar-refractivity contribution in [1.29, 1.82) is 0 Å². The average molecular weight is 307 g/mol. The highest BCUT2D eigenvalue weighted by Gasteiger charge is 2.10. The van der Waals surface area contributed by atoms with Gasteiger partial charge in [-0.2, -0.15) is 10.1 Å². The normalized spacial score (nSPS) is 12.8. The van der Waals surface area contributed by atoms with Crippen LogP contribution in [0.5, 0.6) is 0 Å². The molecular formula is C16H17N7. The molecule has 0 fully saturated rings. The number of aromatic amines is 1. The van der Waals surface area contributed by atoms with Gasteiger partial charge in [0.25, 0.3) is 0 Å². The van der Waals surface area contributed by atoms with Gasteiger partial charge in [-0.1, -0.05) is 6.92 Å². The number of aromatic nitrogens is 6. The fourth-order valence-corrected chi connectivity index (χ4v) is 2.51. The van der Waals surface area contributed by atoms with Crippen molar-refractivity contribution in [2.24, 2.45) is 0 Å². The van der Waals surface area contributed by atoms with E-state index < -0.39 is 0 Å². The molecule has 4 heterocycles. The number of hydrogen-bond donors (Lipinski definition) is 2. The minimum Gasteiger partial charge on any atom is -0.352 e. The highest BCUT2D eigenvalue weighted by atomic mass is 15.3. The van der Waals surface area contributed by atoms with Gasteiger partial charge in [0, 0.05) is 41.1 Å². The molecule has 4 rings (SSSR count). The maximum atomic E-state index is 4.55. The van der Waals surface area contributed by atoms with Crippen molar-refractivity contribution in [3.05, 3.63) is 37.1 Å². The molecule has 116 valence electrons. The predicted molar refractivity (Wildman–Crippen MR) is 89.2 cm³/mol. The third kappa shape index (κ3) is 2.40. The van der Waals surface area contributed by atoms with E-state index in [-0.39, 0.29) is 0 Å². The second kappa shape index (κ2) is 5.35. The summed E-state index contributed by atoms with van der Waals surface area (Å²) >= 11 is 0. The second-order valence-electron chi connectivity index (χ2n) is 5.59. The highest BCUT2D eigenvalue weighted by molar-refractivity contribution is 5.93. The van der Waals surface area contributed by atoms with Crippen LogP contribution in [0.15, 0.2) is 37.1 Å². The molecule has 1 unspecified atom stereocenters. The number of pyridine rings is 1. The molecule has 0 amide bonds. The lowest BCUT2D eigenvalue weighted by Gasteiger charge is -2.10. The van der Waals surface area contributed by atoms with E-state index >= 15 is 0 Å². The smallest absolute Gasteiger partial charge is 0.224 e. The van der Waals surface area contributed by atoms with Crippen molar-refractivity contribution in [2.75, 3.05) is 5.32 Å². The number of H-pyrrole nitrogens is 1. The largest absolute Gasteiger partial charge is 0.352 e. The van der Waals surface area contributed by atoms with Crippen LogP contribution in [0.1, 0.15) is 20.3 Å². The monoisotopic (exact) mass is 307 g/mol. The maximum absolute atomic E-state index is 4.55. The Kier molecular flexibility index (Phi) is 3.18. The first-order valence-electron chi connectivity index (χ1n) is 7.65. The lowest BCUT2D eigenvalue weighted by atomic mass is 10.1. The molecule has 0 spiro atoms. The zero-order valence-corrected chi connectivity index (χ0v) is 13.0. The topological polar surface area (TPSA) is 83.8 Å².